The molecule has 1 aliphatic rings. The smallest absolute Gasteiger partial charge is 0.240 e. The van der Waals surface area contributed by atoms with E-state index in [9.17, 15) is 18.3 Å². The molecule has 7 heteroatoms. The Labute approximate surface area is 122 Å². The third-order valence-corrected chi connectivity index (χ3v) is 3.35. The van der Waals surface area contributed by atoms with Gasteiger partial charge < -0.3 is 10.4 Å². The van der Waals surface area contributed by atoms with E-state index in [1.807, 2.05) is 4.90 Å². The van der Waals surface area contributed by atoms with Crippen LogP contribution in [0.2, 0.25) is 0 Å². The third-order valence-electron chi connectivity index (χ3n) is 3.35. The molecule has 1 atom stereocenters. The molecule has 3 nitrogen and oxygen atoms in total. The second kappa shape index (κ2) is 7.71. The number of phenols is 1. The van der Waals surface area contributed by atoms with Crippen molar-refractivity contribution in [3.8, 4) is 5.75 Å². The van der Waals surface area contributed by atoms with Crippen LogP contribution in [-0.2, 0) is 0 Å². The fourth-order valence-electron chi connectivity index (χ4n) is 2.39. The predicted octanol–water partition coefficient (Wildman–Crippen LogP) is 2.55. The molecule has 0 spiro atoms. The lowest BCUT2D eigenvalue weighted by Crippen LogP contribution is -2.45. The maximum Gasteiger partial charge on any atom is 0.240 e. The van der Waals surface area contributed by atoms with Crippen LogP contribution in [0.4, 0.5) is 13.2 Å². The molecule has 1 aromatic carbocycles. The first kappa shape index (κ1) is 17.1. The van der Waals surface area contributed by atoms with Gasteiger partial charge in [0.05, 0.1) is 0 Å². The summed E-state index contributed by atoms with van der Waals surface area (Å²) in [6.07, 6.45) is -2.78. The van der Waals surface area contributed by atoms with E-state index in [0.29, 0.717) is 18.7 Å². The molecule has 2 rings (SSSR count). The van der Waals surface area contributed by atoms with Crippen molar-refractivity contribution in [3.05, 3.63) is 29.6 Å². The minimum absolute atomic E-state index is 0. The molecule has 0 amide bonds. The van der Waals surface area contributed by atoms with E-state index in [2.05, 4.69) is 5.32 Å². The number of benzene rings is 1. The van der Waals surface area contributed by atoms with Gasteiger partial charge in [0.1, 0.15) is 0 Å². The number of nitrogens with one attached hydrogen (secondary N) is 1. The number of nitrogens with zero attached hydrogens (tertiary/aromatic N) is 1. The van der Waals surface area contributed by atoms with Crippen molar-refractivity contribution in [1.82, 2.24) is 10.2 Å². The molecule has 0 radical (unpaired) electrons. The van der Waals surface area contributed by atoms with Crippen LogP contribution < -0.4 is 5.32 Å². The highest BCUT2D eigenvalue weighted by molar-refractivity contribution is 5.85. The molecular weight excluding hydrogens is 293 g/mol. The maximum absolute atomic E-state index is 13.4. The predicted molar refractivity (Wildman–Crippen MR) is 73.1 cm³/mol. The molecule has 20 heavy (non-hydrogen) atoms. The zero-order chi connectivity index (χ0) is 13.8. The Morgan fingerprint density at radius 1 is 1.25 bits per heavy atom. The van der Waals surface area contributed by atoms with Crippen molar-refractivity contribution in [2.45, 2.75) is 18.9 Å². The first-order chi connectivity index (χ1) is 9.08. The van der Waals surface area contributed by atoms with Crippen LogP contribution in [0.5, 0.6) is 5.75 Å². The minimum Gasteiger partial charge on any atom is -0.505 e. The second-order valence-electron chi connectivity index (χ2n) is 4.64. The topological polar surface area (TPSA) is 35.5 Å². The summed E-state index contributed by atoms with van der Waals surface area (Å²) in [5.41, 5.74) is 0.484. The van der Waals surface area contributed by atoms with Crippen molar-refractivity contribution in [3.63, 3.8) is 0 Å². The molecule has 1 heterocycles. The molecule has 0 saturated carbocycles. The summed E-state index contributed by atoms with van der Waals surface area (Å²) in [5, 5.41) is 12.3. The summed E-state index contributed by atoms with van der Waals surface area (Å²) in [6, 6.07) is 3.35. The van der Waals surface area contributed by atoms with Crippen LogP contribution in [-0.4, -0.2) is 42.6 Å². The summed E-state index contributed by atoms with van der Waals surface area (Å²) in [5.74, 6) is -1.23. The maximum atomic E-state index is 13.4. The molecule has 0 bridgehead atoms. The third kappa shape index (κ3) is 4.26. The van der Waals surface area contributed by atoms with Gasteiger partial charge in [-0.15, -0.1) is 12.4 Å². The molecule has 1 fully saturated rings. The van der Waals surface area contributed by atoms with Crippen molar-refractivity contribution in [2.24, 2.45) is 0 Å². The van der Waals surface area contributed by atoms with Crippen molar-refractivity contribution in [1.29, 1.82) is 0 Å². The van der Waals surface area contributed by atoms with Gasteiger partial charge >= 0.3 is 0 Å². The van der Waals surface area contributed by atoms with Crippen LogP contribution in [0, 0.1) is 5.82 Å². The monoisotopic (exact) mass is 310 g/mol. The standard InChI is InChI=1S/C13H17F3N2O.ClH/c14-10-7-9(1-2-12(10)19)11(8-13(15)16)18-5-3-17-4-6-18;/h1-2,7,11,13,17,19H,3-6,8H2;1H/t11-;/m1./s1. The van der Waals surface area contributed by atoms with Crippen molar-refractivity contribution in [2.75, 3.05) is 26.2 Å². The molecule has 114 valence electrons. The highest BCUT2D eigenvalue weighted by Gasteiger charge is 2.26. The van der Waals surface area contributed by atoms with Gasteiger partial charge in [-0.05, 0) is 17.7 Å². The lowest BCUT2D eigenvalue weighted by Gasteiger charge is -2.35. The van der Waals surface area contributed by atoms with Crippen LogP contribution >= 0.6 is 12.4 Å². The number of rotatable bonds is 4. The van der Waals surface area contributed by atoms with Crippen LogP contribution in [0.25, 0.3) is 0 Å². The average molecular weight is 311 g/mol. The Kier molecular flexibility index (Phi) is 6.58. The summed E-state index contributed by atoms with van der Waals surface area (Å²) in [7, 11) is 0. The number of phenolic OH excluding ortho intramolecular Hbond substituents is 1. The lowest BCUT2D eigenvalue weighted by molar-refractivity contribution is 0.0737. The number of hydrogen-bond acceptors (Lipinski definition) is 3. The van der Waals surface area contributed by atoms with Gasteiger partial charge in [-0.2, -0.15) is 0 Å². The van der Waals surface area contributed by atoms with Gasteiger partial charge in [-0.1, -0.05) is 6.07 Å². The summed E-state index contributed by atoms with van der Waals surface area (Å²) in [6.45, 7) is 2.78. The molecule has 1 aromatic rings. The fraction of sp³-hybridized carbons (Fsp3) is 0.538. The number of hydrogen-bond donors (Lipinski definition) is 2. The highest BCUT2D eigenvalue weighted by atomic mass is 35.5. The molecule has 1 saturated heterocycles. The SMILES string of the molecule is Cl.Oc1ccc([C@@H](CC(F)F)N2CCNCC2)cc1F. The normalized spacial score (nSPS) is 17.8. The molecular formula is C13H18ClF3N2O. The Bertz CT molecular complexity index is 428. The van der Waals surface area contributed by atoms with Crippen molar-refractivity contribution < 1.29 is 18.3 Å². The summed E-state index contributed by atoms with van der Waals surface area (Å²) >= 11 is 0. The first-order valence-electron chi connectivity index (χ1n) is 6.29. The van der Waals surface area contributed by atoms with E-state index in [0.717, 1.165) is 19.2 Å². The zero-order valence-electron chi connectivity index (χ0n) is 10.9. The van der Waals surface area contributed by atoms with E-state index >= 15 is 0 Å². The molecule has 2 N–H and O–H groups in total. The van der Waals surface area contributed by atoms with Crippen LogP contribution in [0.15, 0.2) is 18.2 Å². The van der Waals surface area contributed by atoms with E-state index < -0.39 is 24.0 Å². The summed E-state index contributed by atoms with van der Waals surface area (Å²) in [4.78, 5) is 1.93. The van der Waals surface area contributed by atoms with E-state index in [1.54, 1.807) is 0 Å². The molecule has 0 unspecified atom stereocenters. The fourth-order valence-corrected chi connectivity index (χ4v) is 2.39. The Hall–Kier alpha value is -0.980. The minimum atomic E-state index is -2.45. The number of halogens is 4. The van der Waals surface area contributed by atoms with Gasteiger partial charge in [0, 0.05) is 38.6 Å². The van der Waals surface area contributed by atoms with Crippen molar-refractivity contribution >= 4 is 12.4 Å². The van der Waals surface area contributed by atoms with Gasteiger partial charge in [0.2, 0.25) is 6.43 Å². The van der Waals surface area contributed by atoms with Crippen LogP contribution in [0.1, 0.15) is 18.0 Å². The lowest BCUT2D eigenvalue weighted by atomic mass is 10.0. The Morgan fingerprint density at radius 3 is 2.45 bits per heavy atom. The molecule has 1 aliphatic heterocycles. The Morgan fingerprint density at radius 2 is 1.90 bits per heavy atom. The van der Waals surface area contributed by atoms with Crippen LogP contribution in [0.3, 0.4) is 0 Å². The average Bonchev–Trinajstić information content (AvgIpc) is 2.40. The number of alkyl halides is 2. The number of piperazine rings is 1. The summed E-state index contributed by atoms with van der Waals surface area (Å²) < 4.78 is 38.8. The van der Waals surface area contributed by atoms with E-state index in [-0.39, 0.29) is 18.8 Å². The second-order valence-corrected chi connectivity index (χ2v) is 4.64. The van der Waals surface area contributed by atoms with Gasteiger partial charge in [0.15, 0.2) is 11.6 Å². The largest absolute Gasteiger partial charge is 0.505 e. The number of aromatic hydroxyl groups is 1. The zero-order valence-corrected chi connectivity index (χ0v) is 11.7. The Balaban J connectivity index is 0.00000200. The van der Waals surface area contributed by atoms with E-state index in [4.69, 9.17) is 0 Å². The highest BCUT2D eigenvalue weighted by Crippen LogP contribution is 2.30. The molecule has 0 aromatic heterocycles. The van der Waals surface area contributed by atoms with Gasteiger partial charge in [0.25, 0.3) is 0 Å². The molecule has 0 aliphatic carbocycles. The quantitative estimate of drug-likeness (QED) is 0.897. The van der Waals surface area contributed by atoms with Gasteiger partial charge in [-0.25, -0.2) is 13.2 Å². The first-order valence-corrected chi connectivity index (χ1v) is 6.29. The van der Waals surface area contributed by atoms with E-state index in [1.165, 1.54) is 12.1 Å². The van der Waals surface area contributed by atoms with Gasteiger partial charge in [-0.3, -0.25) is 4.90 Å².